The lowest BCUT2D eigenvalue weighted by Gasteiger charge is -2.16. The molecule has 0 unspecified atom stereocenters. The van der Waals surface area contributed by atoms with Crippen molar-refractivity contribution in [1.82, 2.24) is 19.9 Å². The van der Waals surface area contributed by atoms with E-state index in [9.17, 15) is 4.79 Å². The normalized spacial score (nSPS) is 13.7. The molecule has 5 nitrogen and oxygen atoms in total. The fourth-order valence-corrected chi connectivity index (χ4v) is 2.74. The molecule has 1 aromatic carbocycles. The molecule has 6 heteroatoms. The number of carbonyl (C=O) groups excluding carboxylic acids is 1. The summed E-state index contributed by atoms with van der Waals surface area (Å²) in [5, 5.41) is 8.68. The Morgan fingerprint density at radius 3 is 2.85 bits per heavy atom. The smallest absolute Gasteiger partial charge is 0.274 e. The first-order chi connectivity index (χ1) is 9.60. The van der Waals surface area contributed by atoms with Gasteiger partial charge in [-0.1, -0.05) is 22.9 Å². The predicted molar refractivity (Wildman–Crippen MR) is 75.5 cm³/mol. The third-order valence-electron chi connectivity index (χ3n) is 3.58. The molecule has 1 aromatic heterocycles. The zero-order valence-corrected chi connectivity index (χ0v) is 12.2. The van der Waals surface area contributed by atoms with Crippen LogP contribution in [-0.4, -0.2) is 25.8 Å². The first-order valence-electron chi connectivity index (χ1n) is 6.56. The van der Waals surface area contributed by atoms with Gasteiger partial charge in [-0.3, -0.25) is 4.79 Å². The molecule has 0 saturated carbocycles. The van der Waals surface area contributed by atoms with Crippen LogP contribution in [0.15, 0.2) is 18.2 Å². The van der Waals surface area contributed by atoms with Gasteiger partial charge in [0.1, 0.15) is 5.69 Å². The van der Waals surface area contributed by atoms with E-state index in [1.807, 2.05) is 32.0 Å². The fraction of sp³-hybridized carbons (Fsp3) is 0.357. The lowest BCUT2D eigenvalue weighted by molar-refractivity contribution is 0.0738. The maximum atomic E-state index is 12.7. The number of carbonyl (C=O) groups is 1. The number of amides is 1. The van der Waals surface area contributed by atoms with E-state index in [4.69, 9.17) is 11.6 Å². The third-order valence-corrected chi connectivity index (χ3v) is 3.82. The van der Waals surface area contributed by atoms with Crippen LogP contribution in [-0.2, 0) is 19.6 Å². The quantitative estimate of drug-likeness (QED) is 0.853. The fourth-order valence-electron chi connectivity index (χ4n) is 2.54. The van der Waals surface area contributed by atoms with Crippen molar-refractivity contribution >= 4 is 17.5 Å². The Morgan fingerprint density at radius 2 is 2.10 bits per heavy atom. The molecular formula is C14H15ClN4O. The maximum absolute atomic E-state index is 12.7. The van der Waals surface area contributed by atoms with Crippen molar-refractivity contribution in [2.75, 3.05) is 0 Å². The highest BCUT2D eigenvalue weighted by Gasteiger charge is 2.28. The number of hydrogen-bond acceptors (Lipinski definition) is 3. The van der Waals surface area contributed by atoms with Crippen LogP contribution in [0.1, 0.15) is 34.2 Å². The Morgan fingerprint density at radius 1 is 1.35 bits per heavy atom. The summed E-state index contributed by atoms with van der Waals surface area (Å²) in [5.41, 5.74) is 3.51. The van der Waals surface area contributed by atoms with Gasteiger partial charge in [0.05, 0.1) is 5.69 Å². The molecular weight excluding hydrogens is 276 g/mol. The highest BCUT2D eigenvalue weighted by atomic mass is 35.5. The van der Waals surface area contributed by atoms with Gasteiger partial charge in [-0.05, 0) is 37.1 Å². The molecule has 0 aliphatic carbocycles. The second-order valence-electron chi connectivity index (χ2n) is 4.91. The minimum absolute atomic E-state index is 0.0262. The van der Waals surface area contributed by atoms with Gasteiger partial charge in [0.2, 0.25) is 0 Å². The summed E-state index contributed by atoms with van der Waals surface area (Å²) in [7, 11) is 0. The molecule has 2 heterocycles. The van der Waals surface area contributed by atoms with Gasteiger partial charge in [-0.2, -0.15) is 0 Å². The number of nitrogens with zero attached hydrogens (tertiary/aromatic N) is 4. The van der Waals surface area contributed by atoms with Gasteiger partial charge < -0.3 is 4.90 Å². The van der Waals surface area contributed by atoms with E-state index in [-0.39, 0.29) is 5.91 Å². The number of hydrogen-bond donors (Lipinski definition) is 0. The lowest BCUT2D eigenvalue weighted by atomic mass is 10.1. The SMILES string of the molecule is CCn1nnc(C)c1C(=O)N1Cc2ccc(Cl)cc2C1. The second kappa shape index (κ2) is 4.90. The van der Waals surface area contributed by atoms with Gasteiger partial charge in [-0.25, -0.2) is 4.68 Å². The van der Waals surface area contributed by atoms with Crippen molar-refractivity contribution in [3.63, 3.8) is 0 Å². The molecule has 2 aromatic rings. The van der Waals surface area contributed by atoms with Crippen LogP contribution >= 0.6 is 11.6 Å². The molecule has 0 radical (unpaired) electrons. The number of aromatic nitrogens is 3. The van der Waals surface area contributed by atoms with E-state index < -0.39 is 0 Å². The summed E-state index contributed by atoms with van der Waals surface area (Å²) < 4.78 is 1.65. The first-order valence-corrected chi connectivity index (χ1v) is 6.94. The van der Waals surface area contributed by atoms with Crippen LogP contribution in [0.2, 0.25) is 5.02 Å². The Labute approximate surface area is 122 Å². The van der Waals surface area contributed by atoms with Gasteiger partial charge in [-0.15, -0.1) is 5.10 Å². The maximum Gasteiger partial charge on any atom is 0.274 e. The summed E-state index contributed by atoms with van der Waals surface area (Å²) in [5.74, 6) is -0.0262. The second-order valence-corrected chi connectivity index (χ2v) is 5.35. The van der Waals surface area contributed by atoms with Crippen molar-refractivity contribution in [2.24, 2.45) is 0 Å². The Kier molecular flexibility index (Phi) is 3.22. The van der Waals surface area contributed by atoms with Crippen molar-refractivity contribution in [3.05, 3.63) is 45.7 Å². The van der Waals surface area contributed by atoms with Crippen LogP contribution in [0.3, 0.4) is 0 Å². The Bertz CT molecular complexity index is 680. The molecule has 0 saturated heterocycles. The summed E-state index contributed by atoms with van der Waals surface area (Å²) in [4.78, 5) is 14.5. The van der Waals surface area contributed by atoms with Crippen molar-refractivity contribution in [1.29, 1.82) is 0 Å². The first kappa shape index (κ1) is 13.1. The van der Waals surface area contributed by atoms with Crippen molar-refractivity contribution in [2.45, 2.75) is 33.5 Å². The van der Waals surface area contributed by atoms with Crippen LogP contribution in [0.5, 0.6) is 0 Å². The van der Waals surface area contributed by atoms with Crippen molar-refractivity contribution < 1.29 is 4.79 Å². The number of aryl methyl sites for hydroxylation is 2. The van der Waals surface area contributed by atoms with Crippen LogP contribution in [0, 0.1) is 6.92 Å². The molecule has 0 spiro atoms. The number of rotatable bonds is 2. The predicted octanol–water partition coefficient (Wildman–Crippen LogP) is 2.42. The zero-order chi connectivity index (χ0) is 14.3. The minimum Gasteiger partial charge on any atom is -0.329 e. The number of fused-ring (bicyclic) bond motifs is 1. The Hall–Kier alpha value is -1.88. The summed E-state index contributed by atoms with van der Waals surface area (Å²) in [6, 6.07) is 5.76. The molecule has 104 valence electrons. The van der Waals surface area contributed by atoms with E-state index in [0.29, 0.717) is 36.0 Å². The summed E-state index contributed by atoms with van der Waals surface area (Å²) in [6.07, 6.45) is 0. The van der Waals surface area contributed by atoms with E-state index >= 15 is 0 Å². The third kappa shape index (κ3) is 2.08. The molecule has 0 N–H and O–H groups in total. The lowest BCUT2D eigenvalue weighted by Crippen LogP contribution is -2.28. The van der Waals surface area contributed by atoms with Crippen LogP contribution < -0.4 is 0 Å². The highest BCUT2D eigenvalue weighted by Crippen LogP contribution is 2.27. The molecule has 1 amide bonds. The molecule has 20 heavy (non-hydrogen) atoms. The van der Waals surface area contributed by atoms with Gasteiger partial charge >= 0.3 is 0 Å². The van der Waals surface area contributed by atoms with E-state index in [2.05, 4.69) is 10.3 Å². The van der Waals surface area contributed by atoms with Crippen LogP contribution in [0.25, 0.3) is 0 Å². The average molecular weight is 291 g/mol. The van der Waals surface area contributed by atoms with E-state index in [1.165, 1.54) is 0 Å². The molecule has 1 aliphatic heterocycles. The minimum atomic E-state index is -0.0262. The number of halogens is 1. The molecule has 0 atom stereocenters. The standard InChI is InChI=1S/C14H15ClN4O/c1-3-19-13(9(2)16-17-19)14(20)18-7-10-4-5-12(15)6-11(10)8-18/h4-6H,3,7-8H2,1-2H3. The summed E-state index contributed by atoms with van der Waals surface area (Å²) >= 11 is 6.00. The van der Waals surface area contributed by atoms with Crippen molar-refractivity contribution in [3.8, 4) is 0 Å². The van der Waals surface area contributed by atoms with E-state index in [0.717, 1.165) is 11.1 Å². The highest BCUT2D eigenvalue weighted by molar-refractivity contribution is 6.30. The molecule has 0 fully saturated rings. The largest absolute Gasteiger partial charge is 0.329 e. The van der Waals surface area contributed by atoms with Gasteiger partial charge in [0.15, 0.2) is 0 Å². The van der Waals surface area contributed by atoms with E-state index in [1.54, 1.807) is 9.58 Å². The monoisotopic (exact) mass is 290 g/mol. The molecule has 3 rings (SSSR count). The summed E-state index contributed by atoms with van der Waals surface area (Å²) in [6.45, 7) is 5.59. The van der Waals surface area contributed by atoms with Gasteiger partial charge in [0.25, 0.3) is 5.91 Å². The molecule has 1 aliphatic rings. The van der Waals surface area contributed by atoms with Crippen LogP contribution in [0.4, 0.5) is 0 Å². The Balaban J connectivity index is 1.89. The topological polar surface area (TPSA) is 51.0 Å². The molecule has 0 bridgehead atoms. The van der Waals surface area contributed by atoms with Gasteiger partial charge in [0, 0.05) is 24.7 Å². The average Bonchev–Trinajstić information content (AvgIpc) is 3.00. The zero-order valence-electron chi connectivity index (χ0n) is 11.4. The number of benzene rings is 1.